The maximum absolute atomic E-state index is 13.6. The minimum atomic E-state index is -0.617. The zero-order valence-corrected chi connectivity index (χ0v) is 23.1. The summed E-state index contributed by atoms with van der Waals surface area (Å²) < 4.78 is 9.33. The van der Waals surface area contributed by atoms with Gasteiger partial charge in [0.2, 0.25) is 0 Å². The Morgan fingerprint density at radius 1 is 1.21 bits per heavy atom. The molecular formula is C25H23Br2N3O3S. The summed E-state index contributed by atoms with van der Waals surface area (Å²) in [7, 11) is 3.95. The second-order valence-electron chi connectivity index (χ2n) is 7.96. The molecule has 0 saturated heterocycles. The summed E-state index contributed by atoms with van der Waals surface area (Å²) in [6.07, 6.45) is 1.86. The number of benzene rings is 2. The Balaban J connectivity index is 1.91. The topological polar surface area (TPSA) is 63.9 Å². The van der Waals surface area contributed by atoms with Crippen LogP contribution in [-0.4, -0.2) is 31.2 Å². The van der Waals surface area contributed by atoms with Crippen molar-refractivity contribution in [1.29, 1.82) is 0 Å². The fourth-order valence-electron chi connectivity index (χ4n) is 3.88. The number of ether oxygens (including phenoxy) is 1. The third-order valence-electron chi connectivity index (χ3n) is 5.45. The van der Waals surface area contributed by atoms with Crippen molar-refractivity contribution < 1.29 is 9.53 Å². The second-order valence-corrected chi connectivity index (χ2v) is 10.7. The van der Waals surface area contributed by atoms with Crippen molar-refractivity contribution in [2.24, 2.45) is 4.99 Å². The second kappa shape index (κ2) is 10.0. The van der Waals surface area contributed by atoms with Crippen LogP contribution < -0.4 is 19.8 Å². The first-order chi connectivity index (χ1) is 16.2. The van der Waals surface area contributed by atoms with Gasteiger partial charge in [-0.2, -0.15) is 0 Å². The van der Waals surface area contributed by atoms with Gasteiger partial charge in [-0.25, -0.2) is 9.79 Å². The molecule has 6 nitrogen and oxygen atoms in total. The van der Waals surface area contributed by atoms with Crippen molar-refractivity contribution in [3.63, 3.8) is 0 Å². The molecule has 0 aliphatic carbocycles. The molecule has 0 radical (unpaired) electrons. The van der Waals surface area contributed by atoms with Gasteiger partial charge in [-0.15, -0.1) is 0 Å². The largest absolute Gasteiger partial charge is 0.463 e. The zero-order chi connectivity index (χ0) is 24.6. The number of rotatable bonds is 5. The molecule has 1 atom stereocenters. The third kappa shape index (κ3) is 4.69. The number of anilines is 1. The molecule has 1 aromatic heterocycles. The molecule has 0 spiro atoms. The first-order valence-electron chi connectivity index (χ1n) is 10.6. The van der Waals surface area contributed by atoms with Crippen LogP contribution in [0, 0.1) is 0 Å². The average Bonchev–Trinajstić information content (AvgIpc) is 3.08. The Labute approximate surface area is 218 Å². The minimum Gasteiger partial charge on any atom is -0.463 e. The molecular weight excluding hydrogens is 582 g/mol. The highest BCUT2D eigenvalue weighted by Crippen LogP contribution is 2.31. The maximum Gasteiger partial charge on any atom is 0.338 e. The molecule has 176 valence electrons. The molecule has 4 rings (SSSR count). The van der Waals surface area contributed by atoms with Crippen LogP contribution in [0.2, 0.25) is 0 Å². The summed E-state index contributed by atoms with van der Waals surface area (Å²) in [5.41, 5.74) is 3.48. The summed E-state index contributed by atoms with van der Waals surface area (Å²) in [5, 5.41) is 0. The van der Waals surface area contributed by atoms with Crippen molar-refractivity contribution >= 4 is 60.9 Å². The highest BCUT2D eigenvalue weighted by molar-refractivity contribution is 9.10. The van der Waals surface area contributed by atoms with Gasteiger partial charge in [0.1, 0.15) is 0 Å². The molecule has 0 bridgehead atoms. The first kappa shape index (κ1) is 24.6. The van der Waals surface area contributed by atoms with Crippen LogP contribution in [0.25, 0.3) is 6.08 Å². The fourth-order valence-corrected chi connectivity index (χ4v) is 5.94. The lowest BCUT2D eigenvalue weighted by Crippen LogP contribution is -2.39. The number of halogens is 2. The van der Waals surface area contributed by atoms with Gasteiger partial charge >= 0.3 is 5.97 Å². The molecule has 9 heteroatoms. The van der Waals surface area contributed by atoms with E-state index < -0.39 is 12.0 Å². The maximum atomic E-state index is 13.6. The van der Waals surface area contributed by atoms with Crippen molar-refractivity contribution in [3.05, 3.63) is 93.5 Å². The average molecular weight is 605 g/mol. The summed E-state index contributed by atoms with van der Waals surface area (Å²) in [6.45, 7) is 3.79. The van der Waals surface area contributed by atoms with Gasteiger partial charge in [0, 0.05) is 23.0 Å². The summed E-state index contributed by atoms with van der Waals surface area (Å²) >= 11 is 8.38. The number of carbonyl (C=O) groups excluding carboxylic acids is 1. The minimum absolute atomic E-state index is 0.196. The van der Waals surface area contributed by atoms with Crippen molar-refractivity contribution in [1.82, 2.24) is 4.57 Å². The van der Waals surface area contributed by atoms with Crippen LogP contribution in [0.5, 0.6) is 0 Å². The van der Waals surface area contributed by atoms with E-state index in [-0.39, 0.29) is 12.2 Å². The van der Waals surface area contributed by atoms with Crippen molar-refractivity contribution in [2.45, 2.75) is 19.9 Å². The number of carbonyl (C=O) groups is 1. The molecule has 3 aromatic rings. The molecule has 0 N–H and O–H groups in total. The highest BCUT2D eigenvalue weighted by Gasteiger charge is 2.33. The van der Waals surface area contributed by atoms with Crippen LogP contribution in [0.3, 0.4) is 0 Å². The van der Waals surface area contributed by atoms with E-state index in [1.165, 1.54) is 11.3 Å². The smallest absolute Gasteiger partial charge is 0.338 e. The normalized spacial score (nSPS) is 15.7. The number of esters is 1. The van der Waals surface area contributed by atoms with Gasteiger partial charge < -0.3 is 9.64 Å². The van der Waals surface area contributed by atoms with E-state index in [2.05, 4.69) is 36.9 Å². The zero-order valence-electron chi connectivity index (χ0n) is 19.1. The SMILES string of the molecule is CCOC(=O)C1=C(C)N=c2s/c(=C/c3ccc(N(C)C)c(Br)c3)c(=O)n2[C@H]1c1ccc(Br)cc1. The number of allylic oxidation sites excluding steroid dienone is 1. The highest BCUT2D eigenvalue weighted by atomic mass is 79.9. The number of thiazole rings is 1. The van der Waals surface area contributed by atoms with E-state index >= 15 is 0 Å². The third-order valence-corrected chi connectivity index (χ3v) is 7.60. The lowest BCUT2D eigenvalue weighted by molar-refractivity contribution is -0.139. The molecule has 0 saturated carbocycles. The number of hydrogen-bond donors (Lipinski definition) is 0. The Bertz CT molecular complexity index is 1470. The van der Waals surface area contributed by atoms with Crippen molar-refractivity contribution in [2.75, 3.05) is 25.6 Å². The summed E-state index contributed by atoms with van der Waals surface area (Å²) in [4.78, 5) is 33.7. The van der Waals surface area contributed by atoms with Crippen LogP contribution in [0.1, 0.15) is 31.0 Å². The number of fused-ring (bicyclic) bond motifs is 1. The summed E-state index contributed by atoms with van der Waals surface area (Å²) in [5.74, 6) is -0.464. The van der Waals surface area contributed by atoms with Gasteiger partial charge in [0.15, 0.2) is 4.80 Å². The molecule has 2 heterocycles. The molecule has 2 aromatic carbocycles. The summed E-state index contributed by atoms with van der Waals surface area (Å²) in [6, 6.07) is 12.9. The molecule has 0 amide bonds. The fraction of sp³-hybridized carbons (Fsp3) is 0.240. The first-order valence-corrected chi connectivity index (χ1v) is 13.0. The Hall–Kier alpha value is -2.49. The van der Waals surface area contributed by atoms with Gasteiger partial charge in [0.05, 0.1) is 34.1 Å². The number of aromatic nitrogens is 1. The Kier molecular flexibility index (Phi) is 7.25. The molecule has 1 aliphatic heterocycles. The number of hydrogen-bond acceptors (Lipinski definition) is 6. The Morgan fingerprint density at radius 3 is 2.53 bits per heavy atom. The lowest BCUT2D eigenvalue weighted by Gasteiger charge is -2.24. The predicted molar refractivity (Wildman–Crippen MR) is 143 cm³/mol. The molecule has 1 aliphatic rings. The standard InChI is InChI=1S/C25H23Br2N3O3S/c1-5-33-24(32)21-14(2)28-25-30(22(21)16-7-9-17(26)10-8-16)23(31)20(34-25)13-15-6-11-19(29(3)4)18(27)12-15/h6-13,22H,5H2,1-4H3/b20-13+/t22-/m0/s1. The van der Waals surface area contributed by atoms with Crippen LogP contribution in [0.4, 0.5) is 5.69 Å². The van der Waals surface area contributed by atoms with E-state index in [1.54, 1.807) is 18.4 Å². The van der Waals surface area contributed by atoms with Gasteiger partial charge in [0.25, 0.3) is 5.56 Å². The monoisotopic (exact) mass is 603 g/mol. The van der Waals surface area contributed by atoms with Crippen LogP contribution in [-0.2, 0) is 9.53 Å². The van der Waals surface area contributed by atoms with Crippen LogP contribution in [0.15, 0.2) is 72.5 Å². The molecule has 0 fully saturated rings. The van der Waals surface area contributed by atoms with E-state index in [1.807, 2.05) is 67.5 Å². The van der Waals surface area contributed by atoms with E-state index in [0.29, 0.717) is 20.6 Å². The van der Waals surface area contributed by atoms with E-state index in [0.717, 1.165) is 25.8 Å². The van der Waals surface area contributed by atoms with E-state index in [4.69, 9.17) is 4.74 Å². The van der Waals surface area contributed by atoms with Gasteiger partial charge in [-0.05, 0) is 71.2 Å². The van der Waals surface area contributed by atoms with Gasteiger partial charge in [-0.1, -0.05) is 45.5 Å². The lowest BCUT2D eigenvalue weighted by atomic mass is 9.96. The predicted octanol–water partition coefficient (Wildman–Crippen LogP) is 4.39. The number of nitrogens with zero attached hydrogens (tertiary/aromatic N) is 3. The van der Waals surface area contributed by atoms with E-state index in [9.17, 15) is 9.59 Å². The molecule has 0 unspecified atom stereocenters. The van der Waals surface area contributed by atoms with Crippen molar-refractivity contribution in [3.8, 4) is 0 Å². The van der Waals surface area contributed by atoms with Gasteiger partial charge in [-0.3, -0.25) is 9.36 Å². The van der Waals surface area contributed by atoms with Crippen LogP contribution >= 0.6 is 43.2 Å². The quantitative estimate of drug-likeness (QED) is 0.405. The Morgan fingerprint density at radius 2 is 1.91 bits per heavy atom. The molecule has 34 heavy (non-hydrogen) atoms.